The van der Waals surface area contributed by atoms with Gasteiger partial charge in [-0.3, -0.25) is 4.79 Å². The molecule has 1 amide bonds. The second-order valence-corrected chi connectivity index (χ2v) is 7.29. The monoisotopic (exact) mass is 377 g/mol. The van der Waals surface area contributed by atoms with Crippen molar-refractivity contribution in [2.24, 2.45) is 0 Å². The minimum absolute atomic E-state index is 0.108. The fraction of sp³-hybridized carbons (Fsp3) is 0.167. The average Bonchev–Trinajstić information content (AvgIpc) is 2.61. The molecule has 0 saturated carbocycles. The van der Waals surface area contributed by atoms with Gasteiger partial charge in [0.05, 0.1) is 4.90 Å². The molecule has 0 saturated heterocycles. The maximum Gasteiger partial charge on any atom is 0.264 e. The van der Waals surface area contributed by atoms with E-state index in [-0.39, 0.29) is 4.90 Å². The largest absolute Gasteiger partial charge is 0.486 e. The second kappa shape index (κ2) is 7.17. The average molecular weight is 377 g/mol. The fourth-order valence-electron chi connectivity index (χ4n) is 2.40. The highest BCUT2D eigenvalue weighted by molar-refractivity contribution is 7.90. The van der Waals surface area contributed by atoms with E-state index >= 15 is 0 Å². The van der Waals surface area contributed by atoms with Crippen LogP contribution in [0.15, 0.2) is 53.4 Å². The standard InChI is InChI=1S/C18H16FNO5S/c1-12(13-2-4-14(19)5-3-13)10-18(21)20-26(22,23)15-6-7-16-17(11-15)25-9-8-24-16/h2-7,10-11H,8-9H2,1H3,(H,20,21)/b12-10+. The van der Waals surface area contributed by atoms with Crippen LogP contribution in [-0.2, 0) is 14.8 Å². The maximum absolute atomic E-state index is 12.9. The predicted molar refractivity (Wildman–Crippen MR) is 92.8 cm³/mol. The van der Waals surface area contributed by atoms with Crippen LogP contribution < -0.4 is 14.2 Å². The second-order valence-electron chi connectivity index (χ2n) is 5.61. The van der Waals surface area contributed by atoms with E-state index in [2.05, 4.69) is 0 Å². The van der Waals surface area contributed by atoms with Gasteiger partial charge >= 0.3 is 0 Å². The molecule has 2 aromatic carbocycles. The number of sulfonamides is 1. The van der Waals surface area contributed by atoms with Crippen LogP contribution in [0.4, 0.5) is 4.39 Å². The van der Waals surface area contributed by atoms with E-state index in [1.54, 1.807) is 6.92 Å². The fourth-order valence-corrected chi connectivity index (χ4v) is 3.36. The lowest BCUT2D eigenvalue weighted by atomic mass is 10.1. The van der Waals surface area contributed by atoms with E-state index in [1.807, 2.05) is 4.72 Å². The van der Waals surface area contributed by atoms with Crippen molar-refractivity contribution in [2.45, 2.75) is 11.8 Å². The molecule has 6 nitrogen and oxygen atoms in total. The minimum Gasteiger partial charge on any atom is -0.486 e. The van der Waals surface area contributed by atoms with Gasteiger partial charge in [0.1, 0.15) is 19.0 Å². The van der Waals surface area contributed by atoms with Crippen LogP contribution in [0.5, 0.6) is 11.5 Å². The summed E-state index contributed by atoms with van der Waals surface area (Å²) in [6.07, 6.45) is 1.14. The summed E-state index contributed by atoms with van der Waals surface area (Å²) in [5.74, 6) is -0.438. The Morgan fingerprint density at radius 3 is 2.42 bits per heavy atom. The summed E-state index contributed by atoms with van der Waals surface area (Å²) in [5.41, 5.74) is 1.11. The molecule has 2 aromatic rings. The molecule has 26 heavy (non-hydrogen) atoms. The Bertz CT molecular complexity index is 968. The van der Waals surface area contributed by atoms with Crippen molar-refractivity contribution < 1.29 is 27.1 Å². The number of fused-ring (bicyclic) bond motifs is 1. The minimum atomic E-state index is -4.07. The Morgan fingerprint density at radius 1 is 1.08 bits per heavy atom. The third-order valence-electron chi connectivity index (χ3n) is 3.71. The Labute approximate surface area is 150 Å². The number of benzene rings is 2. The Morgan fingerprint density at radius 2 is 1.73 bits per heavy atom. The molecule has 0 atom stereocenters. The van der Waals surface area contributed by atoms with Crippen LogP contribution in [0.3, 0.4) is 0 Å². The third kappa shape index (κ3) is 4.02. The molecule has 0 unspecified atom stereocenters. The lowest BCUT2D eigenvalue weighted by Gasteiger charge is -2.18. The first-order chi connectivity index (χ1) is 12.3. The summed E-state index contributed by atoms with van der Waals surface area (Å²) in [6.45, 7) is 2.34. The zero-order valence-corrected chi connectivity index (χ0v) is 14.7. The highest BCUT2D eigenvalue weighted by atomic mass is 32.2. The SMILES string of the molecule is C/C(=C\C(=O)NS(=O)(=O)c1ccc2c(c1)OCCO2)c1ccc(F)cc1. The normalized spacial score (nSPS) is 14.0. The number of amides is 1. The molecule has 0 spiro atoms. The lowest BCUT2D eigenvalue weighted by molar-refractivity contribution is -0.114. The molecule has 0 radical (unpaired) electrons. The van der Waals surface area contributed by atoms with Gasteiger partial charge in [0.2, 0.25) is 0 Å². The van der Waals surface area contributed by atoms with Gasteiger partial charge in [-0.05, 0) is 42.3 Å². The van der Waals surface area contributed by atoms with Crippen molar-refractivity contribution in [2.75, 3.05) is 13.2 Å². The molecule has 0 bridgehead atoms. The summed E-state index contributed by atoms with van der Waals surface area (Å²) in [4.78, 5) is 12.0. The number of allylic oxidation sites excluding steroid dienone is 1. The maximum atomic E-state index is 12.9. The first-order valence-electron chi connectivity index (χ1n) is 7.76. The third-order valence-corrected chi connectivity index (χ3v) is 5.05. The number of halogens is 1. The van der Waals surface area contributed by atoms with Crippen molar-refractivity contribution >= 4 is 21.5 Å². The molecule has 0 aliphatic carbocycles. The van der Waals surface area contributed by atoms with Crippen LogP contribution >= 0.6 is 0 Å². The van der Waals surface area contributed by atoms with Gasteiger partial charge in [0.15, 0.2) is 11.5 Å². The van der Waals surface area contributed by atoms with Gasteiger partial charge in [-0.1, -0.05) is 12.1 Å². The lowest BCUT2D eigenvalue weighted by Crippen LogP contribution is -2.29. The summed E-state index contributed by atoms with van der Waals surface area (Å²) in [6, 6.07) is 9.65. The number of hydrogen-bond donors (Lipinski definition) is 1. The zero-order chi connectivity index (χ0) is 18.7. The molecule has 0 fully saturated rings. The molecule has 1 N–H and O–H groups in total. The van der Waals surface area contributed by atoms with Crippen LogP contribution in [0.25, 0.3) is 5.57 Å². The van der Waals surface area contributed by atoms with Gasteiger partial charge in [-0.15, -0.1) is 0 Å². The number of ether oxygens (including phenoxy) is 2. The molecule has 1 aliphatic heterocycles. The van der Waals surface area contributed by atoms with Gasteiger partial charge in [0.25, 0.3) is 15.9 Å². The molecule has 8 heteroatoms. The molecule has 0 aromatic heterocycles. The summed E-state index contributed by atoms with van der Waals surface area (Å²) in [5, 5.41) is 0. The van der Waals surface area contributed by atoms with E-state index in [0.29, 0.717) is 35.8 Å². The quantitative estimate of drug-likeness (QED) is 0.828. The highest BCUT2D eigenvalue weighted by Crippen LogP contribution is 2.32. The molecule has 3 rings (SSSR count). The highest BCUT2D eigenvalue weighted by Gasteiger charge is 2.21. The van der Waals surface area contributed by atoms with Crippen molar-refractivity contribution in [3.63, 3.8) is 0 Å². The predicted octanol–water partition coefficient (Wildman–Crippen LogP) is 2.51. The van der Waals surface area contributed by atoms with Gasteiger partial charge in [0, 0.05) is 12.1 Å². The topological polar surface area (TPSA) is 81.7 Å². The molecule has 1 aliphatic rings. The van der Waals surface area contributed by atoms with Gasteiger partial charge < -0.3 is 9.47 Å². The van der Waals surface area contributed by atoms with Crippen LogP contribution in [-0.4, -0.2) is 27.5 Å². The van der Waals surface area contributed by atoms with Crippen LogP contribution in [0.1, 0.15) is 12.5 Å². The molecule has 136 valence electrons. The van der Waals surface area contributed by atoms with Crippen molar-refractivity contribution in [3.8, 4) is 11.5 Å². The van der Waals surface area contributed by atoms with Crippen molar-refractivity contribution in [1.29, 1.82) is 0 Å². The first kappa shape index (κ1) is 17.9. The van der Waals surface area contributed by atoms with Crippen molar-refractivity contribution in [1.82, 2.24) is 4.72 Å². The van der Waals surface area contributed by atoms with Crippen LogP contribution in [0.2, 0.25) is 0 Å². The van der Waals surface area contributed by atoms with Gasteiger partial charge in [-0.2, -0.15) is 0 Å². The zero-order valence-electron chi connectivity index (χ0n) is 13.9. The Hall–Kier alpha value is -2.87. The summed E-state index contributed by atoms with van der Waals surface area (Å²) < 4.78 is 50.4. The summed E-state index contributed by atoms with van der Waals surface area (Å²) in [7, 11) is -4.07. The van der Waals surface area contributed by atoms with E-state index in [9.17, 15) is 17.6 Å². The van der Waals surface area contributed by atoms with Crippen LogP contribution in [0, 0.1) is 5.82 Å². The van der Waals surface area contributed by atoms with E-state index in [1.165, 1.54) is 42.5 Å². The van der Waals surface area contributed by atoms with E-state index < -0.39 is 21.7 Å². The first-order valence-corrected chi connectivity index (χ1v) is 9.24. The number of carbonyl (C=O) groups is 1. The Balaban J connectivity index is 1.77. The number of rotatable bonds is 4. The number of carbonyl (C=O) groups excluding carboxylic acids is 1. The van der Waals surface area contributed by atoms with E-state index in [0.717, 1.165) is 6.08 Å². The van der Waals surface area contributed by atoms with Crippen molar-refractivity contribution in [3.05, 3.63) is 59.9 Å². The number of nitrogens with one attached hydrogen (secondary N) is 1. The molecule has 1 heterocycles. The molecular weight excluding hydrogens is 361 g/mol. The summed E-state index contributed by atoms with van der Waals surface area (Å²) >= 11 is 0. The smallest absolute Gasteiger partial charge is 0.264 e. The van der Waals surface area contributed by atoms with Gasteiger partial charge in [-0.25, -0.2) is 17.5 Å². The van der Waals surface area contributed by atoms with E-state index in [4.69, 9.17) is 9.47 Å². The number of hydrogen-bond acceptors (Lipinski definition) is 5. The molecular formula is C18H16FNO5S. The Kier molecular flexibility index (Phi) is 4.94.